The van der Waals surface area contributed by atoms with Gasteiger partial charge in [-0.3, -0.25) is 5.01 Å². The highest BCUT2D eigenvalue weighted by Gasteiger charge is 2.54. The lowest BCUT2D eigenvalue weighted by Gasteiger charge is -2.57. The third-order valence-electron chi connectivity index (χ3n) is 9.68. The predicted octanol–water partition coefficient (Wildman–Crippen LogP) is 6.83. The largest absolute Gasteiger partial charge is 0.457 e. The maximum atomic E-state index is 14.0. The zero-order valence-corrected chi connectivity index (χ0v) is 23.2. The molecule has 0 saturated heterocycles. The van der Waals surface area contributed by atoms with Crippen LogP contribution in [0.1, 0.15) is 55.2 Å². The van der Waals surface area contributed by atoms with Gasteiger partial charge in [-0.1, -0.05) is 78.9 Å². The molecule has 8 rings (SSSR count). The second-order valence-corrected chi connectivity index (χ2v) is 12.5. The van der Waals surface area contributed by atoms with Gasteiger partial charge in [-0.25, -0.2) is 10.2 Å². The molecule has 4 saturated carbocycles. The smallest absolute Gasteiger partial charge is 0.338 e. The quantitative estimate of drug-likeness (QED) is 0.321. The molecule has 1 atom stereocenters. The number of hydrogen-bond acceptors (Lipinski definition) is 5. The van der Waals surface area contributed by atoms with Gasteiger partial charge in [0.15, 0.2) is 0 Å². The van der Waals surface area contributed by atoms with Gasteiger partial charge in [0.2, 0.25) is 0 Å². The number of nitrogens with zero attached hydrogens (tertiary/aromatic N) is 1. The molecule has 0 radical (unpaired) electrons. The van der Waals surface area contributed by atoms with E-state index >= 15 is 0 Å². The van der Waals surface area contributed by atoms with Crippen LogP contribution in [0.4, 0.5) is 5.69 Å². The lowest BCUT2D eigenvalue weighted by Crippen LogP contribution is -2.56. The van der Waals surface area contributed by atoms with Crippen molar-refractivity contribution in [2.45, 2.75) is 63.2 Å². The summed E-state index contributed by atoms with van der Waals surface area (Å²) in [5.74, 6) is 2.02. The number of carbonyl (C=O) groups is 1. The van der Waals surface area contributed by atoms with Crippen molar-refractivity contribution in [3.63, 3.8) is 0 Å². The third-order valence-corrected chi connectivity index (χ3v) is 9.68. The molecule has 0 amide bonds. The number of anilines is 1. The third kappa shape index (κ3) is 4.65. The van der Waals surface area contributed by atoms with Gasteiger partial charge in [0, 0.05) is 6.20 Å². The van der Waals surface area contributed by atoms with Gasteiger partial charge in [-0.05, 0) is 86.0 Å². The Hall–Kier alpha value is -3.41. The minimum Gasteiger partial charge on any atom is -0.457 e. The molecule has 0 spiro atoms. The fourth-order valence-electron chi connectivity index (χ4n) is 8.13. The second-order valence-electron chi connectivity index (χ2n) is 12.5. The van der Waals surface area contributed by atoms with E-state index in [2.05, 4.69) is 36.6 Å². The maximum absolute atomic E-state index is 14.0. The highest BCUT2D eigenvalue weighted by Crippen LogP contribution is 2.57. The van der Waals surface area contributed by atoms with E-state index in [0.29, 0.717) is 12.2 Å². The van der Waals surface area contributed by atoms with Crippen molar-refractivity contribution in [1.82, 2.24) is 5.43 Å². The molecular weight excluding hydrogens is 496 g/mol. The van der Waals surface area contributed by atoms with Crippen molar-refractivity contribution in [2.24, 2.45) is 17.8 Å². The number of para-hydroxylation sites is 1. The van der Waals surface area contributed by atoms with Crippen molar-refractivity contribution in [3.05, 3.63) is 113 Å². The molecule has 4 aliphatic carbocycles. The summed E-state index contributed by atoms with van der Waals surface area (Å²) in [6, 6.07) is 28.4. The van der Waals surface area contributed by atoms with E-state index in [9.17, 15) is 4.79 Å². The Kier molecular flexibility index (Phi) is 6.52. The van der Waals surface area contributed by atoms with Crippen molar-refractivity contribution in [3.8, 4) is 0 Å². The number of rotatable bonds is 8. The first-order valence-electron chi connectivity index (χ1n) is 14.8. The topological polar surface area (TPSA) is 50.8 Å². The summed E-state index contributed by atoms with van der Waals surface area (Å²) in [4.78, 5) is 14.0. The first-order valence-corrected chi connectivity index (χ1v) is 14.8. The van der Waals surface area contributed by atoms with Crippen molar-refractivity contribution in [1.29, 1.82) is 0 Å². The Bertz CT molecular complexity index is 1370. The molecule has 1 unspecified atom stereocenters. The van der Waals surface area contributed by atoms with Crippen LogP contribution in [-0.4, -0.2) is 18.2 Å². The van der Waals surface area contributed by atoms with E-state index in [4.69, 9.17) is 9.47 Å². The van der Waals surface area contributed by atoms with Crippen molar-refractivity contribution < 1.29 is 14.3 Å². The summed E-state index contributed by atoms with van der Waals surface area (Å²) in [6.07, 6.45) is 9.44. The van der Waals surface area contributed by atoms with E-state index < -0.39 is 5.54 Å². The zero-order valence-electron chi connectivity index (χ0n) is 23.2. The van der Waals surface area contributed by atoms with Crippen LogP contribution >= 0.6 is 0 Å². The lowest BCUT2D eigenvalue weighted by molar-refractivity contribution is -0.172. The van der Waals surface area contributed by atoms with Crippen LogP contribution in [0.25, 0.3) is 0 Å². The number of aryl methyl sites for hydroxylation is 1. The summed E-state index contributed by atoms with van der Waals surface area (Å²) in [5.41, 5.74) is 7.45. The standard InChI is InChI=1S/C35H38N2O3/c1-25-10-8-9-15-32(25)37-22-31(33(38)39-23-26-11-4-2-5-12-26)35(36-37,30-13-6-3-7-14-30)24-40-34-19-27-16-28(20-34)18-29(17-27)21-34/h2-15,22,27-29,36H,16-21,23-24H2,1H3. The SMILES string of the molecule is Cc1ccccc1N1C=C(C(=O)OCc2ccccc2)C(COC23CC4CC(CC(C4)C2)C3)(c2ccccc2)N1. The molecule has 1 heterocycles. The summed E-state index contributed by atoms with van der Waals surface area (Å²) in [6.45, 7) is 2.69. The van der Waals surface area contributed by atoms with Crippen LogP contribution in [0, 0.1) is 24.7 Å². The Balaban J connectivity index is 1.25. The molecule has 4 bridgehead atoms. The van der Waals surface area contributed by atoms with Crippen molar-refractivity contribution in [2.75, 3.05) is 11.6 Å². The monoisotopic (exact) mass is 534 g/mol. The first kappa shape index (κ1) is 25.6. The lowest BCUT2D eigenvalue weighted by atomic mass is 9.54. The minimum absolute atomic E-state index is 0.0899. The molecule has 3 aromatic carbocycles. The van der Waals surface area contributed by atoms with Gasteiger partial charge >= 0.3 is 5.97 Å². The second kappa shape index (κ2) is 10.2. The Morgan fingerprint density at radius 1 is 0.850 bits per heavy atom. The number of esters is 1. The molecule has 0 aromatic heterocycles. The molecule has 5 aliphatic rings. The summed E-state index contributed by atoms with van der Waals surface area (Å²) in [7, 11) is 0. The summed E-state index contributed by atoms with van der Waals surface area (Å²) >= 11 is 0. The van der Waals surface area contributed by atoms with Gasteiger partial charge in [0.25, 0.3) is 0 Å². The number of hydrogen-bond donors (Lipinski definition) is 1. The van der Waals surface area contributed by atoms with Gasteiger partial charge in [0.1, 0.15) is 12.1 Å². The molecule has 3 aromatic rings. The normalized spacial score (nSPS) is 30.4. The molecular formula is C35H38N2O3. The number of benzene rings is 3. The zero-order chi connectivity index (χ0) is 27.2. The Labute approximate surface area is 237 Å². The first-order chi connectivity index (χ1) is 19.5. The number of carbonyl (C=O) groups excluding carboxylic acids is 1. The Morgan fingerprint density at radius 3 is 2.10 bits per heavy atom. The highest BCUT2D eigenvalue weighted by atomic mass is 16.5. The number of ether oxygens (including phenoxy) is 2. The summed E-state index contributed by atoms with van der Waals surface area (Å²) in [5, 5.41) is 1.99. The van der Waals surface area contributed by atoms with Gasteiger partial charge in [-0.15, -0.1) is 0 Å². The molecule has 1 N–H and O–H groups in total. The average molecular weight is 535 g/mol. The van der Waals surface area contributed by atoms with Gasteiger partial charge in [0.05, 0.1) is 23.5 Å². The van der Waals surface area contributed by atoms with Crippen LogP contribution in [0.5, 0.6) is 0 Å². The van der Waals surface area contributed by atoms with Crippen LogP contribution in [0.2, 0.25) is 0 Å². The maximum Gasteiger partial charge on any atom is 0.338 e. The van der Waals surface area contributed by atoms with Crippen LogP contribution < -0.4 is 10.4 Å². The molecule has 40 heavy (non-hydrogen) atoms. The molecule has 4 fully saturated rings. The van der Waals surface area contributed by atoms with E-state index in [-0.39, 0.29) is 18.2 Å². The molecule has 1 aliphatic heterocycles. The number of hydrazine groups is 1. The van der Waals surface area contributed by atoms with E-state index in [0.717, 1.165) is 59.4 Å². The van der Waals surface area contributed by atoms with Gasteiger partial charge < -0.3 is 9.47 Å². The Morgan fingerprint density at radius 2 is 1.45 bits per heavy atom. The van der Waals surface area contributed by atoms with E-state index in [1.807, 2.05) is 71.9 Å². The highest BCUT2D eigenvalue weighted by molar-refractivity contribution is 5.93. The van der Waals surface area contributed by atoms with E-state index in [1.165, 1.54) is 19.3 Å². The summed E-state index contributed by atoms with van der Waals surface area (Å²) < 4.78 is 13.1. The van der Waals surface area contributed by atoms with Crippen LogP contribution in [-0.2, 0) is 26.4 Å². The molecule has 5 nitrogen and oxygen atoms in total. The van der Waals surface area contributed by atoms with Crippen LogP contribution in [0.15, 0.2) is 96.7 Å². The fraction of sp³-hybridized carbons (Fsp3) is 0.400. The molecule has 5 heteroatoms. The van der Waals surface area contributed by atoms with Crippen molar-refractivity contribution >= 4 is 11.7 Å². The fourth-order valence-corrected chi connectivity index (χ4v) is 8.13. The number of nitrogens with one attached hydrogen (secondary N) is 1. The van der Waals surface area contributed by atoms with Crippen LogP contribution in [0.3, 0.4) is 0 Å². The minimum atomic E-state index is -0.874. The van der Waals surface area contributed by atoms with Gasteiger partial charge in [-0.2, -0.15) is 0 Å². The average Bonchev–Trinajstić information content (AvgIpc) is 3.36. The molecule has 206 valence electrons. The van der Waals surface area contributed by atoms with E-state index in [1.54, 1.807) is 0 Å². The predicted molar refractivity (Wildman–Crippen MR) is 156 cm³/mol.